The van der Waals surface area contributed by atoms with Crippen LogP contribution in [0.5, 0.6) is 0 Å². The van der Waals surface area contributed by atoms with E-state index >= 15 is 0 Å². The standard InChI is InChI=1S/C51H100N2O9/c1-5-6-7-8-9-10-11-12-13-14-15-16-17-18-19-20-21-26-29-32-35-38-46(57)53-43(40-61-51-47(52-42(4)55)50(60)49(59)45(39-54)62-51)48(58)44(56)37-34-31-28-25-23-22-24-27-30-33-36-41(2)3/h41,43-45,47-51,54,56,58-60H,5-40H2,1-4H3,(H,52,55)(H,53,57)/t43-,44+,45+,47+,48-,49+,50+,51+/m0/s1. The van der Waals surface area contributed by atoms with Gasteiger partial charge in [0.25, 0.3) is 0 Å². The van der Waals surface area contributed by atoms with Gasteiger partial charge in [-0.1, -0.05) is 220 Å². The fourth-order valence-electron chi connectivity index (χ4n) is 8.79. The second-order valence-electron chi connectivity index (χ2n) is 19.3. The number of nitrogens with one attached hydrogen (secondary N) is 2. The molecule has 1 aliphatic rings. The highest BCUT2D eigenvalue weighted by atomic mass is 16.7. The molecule has 62 heavy (non-hydrogen) atoms. The second kappa shape index (κ2) is 40.0. The van der Waals surface area contributed by atoms with E-state index < -0.39 is 61.4 Å². The van der Waals surface area contributed by atoms with Crippen molar-refractivity contribution < 1.29 is 44.6 Å². The van der Waals surface area contributed by atoms with E-state index in [1.807, 2.05) is 0 Å². The molecule has 0 spiro atoms. The molecule has 1 saturated heterocycles. The number of hydrogen-bond acceptors (Lipinski definition) is 9. The Hall–Kier alpha value is -1.34. The molecular formula is C51H100N2O9. The van der Waals surface area contributed by atoms with E-state index in [2.05, 4.69) is 31.4 Å². The number of aliphatic hydroxyl groups is 5. The highest BCUT2D eigenvalue weighted by molar-refractivity contribution is 5.76. The molecular weight excluding hydrogens is 785 g/mol. The van der Waals surface area contributed by atoms with Crippen LogP contribution in [0.15, 0.2) is 0 Å². The van der Waals surface area contributed by atoms with Crippen LogP contribution >= 0.6 is 0 Å². The average Bonchev–Trinajstić information content (AvgIpc) is 3.24. The van der Waals surface area contributed by atoms with Crippen molar-refractivity contribution in [1.29, 1.82) is 0 Å². The van der Waals surface area contributed by atoms with Gasteiger partial charge in [0.1, 0.15) is 30.5 Å². The zero-order valence-electron chi connectivity index (χ0n) is 40.5. The summed E-state index contributed by atoms with van der Waals surface area (Å²) >= 11 is 0. The third-order valence-corrected chi connectivity index (χ3v) is 12.9. The van der Waals surface area contributed by atoms with Gasteiger partial charge in [0.05, 0.1) is 25.4 Å². The molecule has 7 N–H and O–H groups in total. The van der Waals surface area contributed by atoms with Crippen LogP contribution in [-0.2, 0) is 19.1 Å². The van der Waals surface area contributed by atoms with Gasteiger partial charge in [-0.15, -0.1) is 0 Å². The van der Waals surface area contributed by atoms with E-state index in [1.165, 1.54) is 161 Å². The number of hydrogen-bond donors (Lipinski definition) is 7. The lowest BCUT2D eigenvalue weighted by Gasteiger charge is -2.42. The van der Waals surface area contributed by atoms with Crippen LogP contribution in [0.3, 0.4) is 0 Å². The minimum atomic E-state index is -1.49. The van der Waals surface area contributed by atoms with Gasteiger partial charge in [-0.3, -0.25) is 9.59 Å². The first kappa shape index (κ1) is 58.7. The van der Waals surface area contributed by atoms with Crippen LogP contribution in [0.1, 0.15) is 246 Å². The molecule has 0 aromatic rings. The van der Waals surface area contributed by atoms with Crippen molar-refractivity contribution in [2.45, 2.75) is 295 Å². The Balaban J connectivity index is 2.43. The van der Waals surface area contributed by atoms with Gasteiger partial charge < -0.3 is 45.6 Å². The summed E-state index contributed by atoms with van der Waals surface area (Å²) in [6.45, 7) is 7.21. The van der Waals surface area contributed by atoms with Crippen LogP contribution < -0.4 is 10.6 Å². The summed E-state index contributed by atoms with van der Waals surface area (Å²) in [5, 5.41) is 58.6. The summed E-state index contributed by atoms with van der Waals surface area (Å²) in [5.74, 6) is 0.0459. The lowest BCUT2D eigenvalue weighted by molar-refractivity contribution is -0.272. The van der Waals surface area contributed by atoms with E-state index in [1.54, 1.807) is 0 Å². The Morgan fingerprint density at radius 1 is 0.597 bits per heavy atom. The number of carbonyl (C=O) groups is 2. The van der Waals surface area contributed by atoms with Crippen molar-refractivity contribution in [2.24, 2.45) is 5.92 Å². The van der Waals surface area contributed by atoms with Crippen molar-refractivity contribution in [3.8, 4) is 0 Å². The summed E-state index contributed by atoms with van der Waals surface area (Å²) in [4.78, 5) is 25.1. The minimum Gasteiger partial charge on any atom is -0.394 e. The Morgan fingerprint density at radius 3 is 1.40 bits per heavy atom. The third-order valence-electron chi connectivity index (χ3n) is 12.9. The highest BCUT2D eigenvalue weighted by Crippen LogP contribution is 2.24. The molecule has 1 aliphatic heterocycles. The predicted octanol–water partition coefficient (Wildman–Crippen LogP) is 10.1. The van der Waals surface area contributed by atoms with Crippen molar-refractivity contribution in [1.82, 2.24) is 10.6 Å². The number of carbonyl (C=O) groups excluding carboxylic acids is 2. The fraction of sp³-hybridized carbons (Fsp3) is 0.961. The first-order valence-electron chi connectivity index (χ1n) is 26.2. The van der Waals surface area contributed by atoms with Crippen LogP contribution in [0.25, 0.3) is 0 Å². The smallest absolute Gasteiger partial charge is 0.220 e. The molecule has 11 nitrogen and oxygen atoms in total. The maximum atomic E-state index is 13.2. The number of aliphatic hydroxyl groups excluding tert-OH is 5. The van der Waals surface area contributed by atoms with E-state index in [9.17, 15) is 35.1 Å². The SMILES string of the molecule is CCCCCCCCCCCCCCCCCCCCCCCC(=O)N[C@@H](CO[C@@H]1O[C@H](CO)[C@@H](O)[C@H](O)[C@H]1NC(C)=O)[C@H](O)[C@H](O)CCCCCCCCCCCCC(C)C. The van der Waals surface area contributed by atoms with Crippen molar-refractivity contribution in [3.63, 3.8) is 0 Å². The normalized spacial score (nSPS) is 20.6. The fourth-order valence-corrected chi connectivity index (χ4v) is 8.79. The van der Waals surface area contributed by atoms with Gasteiger partial charge in [-0.2, -0.15) is 0 Å². The summed E-state index contributed by atoms with van der Waals surface area (Å²) in [7, 11) is 0. The number of ether oxygens (including phenoxy) is 2. The van der Waals surface area contributed by atoms with Crippen LogP contribution in [0.2, 0.25) is 0 Å². The number of rotatable bonds is 43. The molecule has 0 aromatic heterocycles. The molecule has 2 amide bonds. The molecule has 1 rings (SSSR count). The molecule has 368 valence electrons. The Morgan fingerprint density at radius 2 is 1.00 bits per heavy atom. The quantitative estimate of drug-likeness (QED) is 0.0294. The van der Waals surface area contributed by atoms with E-state index in [4.69, 9.17) is 9.47 Å². The van der Waals surface area contributed by atoms with E-state index in [-0.39, 0.29) is 18.9 Å². The first-order chi connectivity index (χ1) is 30.0. The highest BCUT2D eigenvalue weighted by Gasteiger charge is 2.46. The molecule has 11 heteroatoms. The maximum Gasteiger partial charge on any atom is 0.220 e. The first-order valence-corrected chi connectivity index (χ1v) is 26.2. The topological polar surface area (TPSA) is 178 Å². The molecule has 0 bridgehead atoms. The molecule has 0 saturated carbocycles. The van der Waals surface area contributed by atoms with E-state index in [0.717, 1.165) is 50.9 Å². The van der Waals surface area contributed by atoms with Gasteiger partial charge in [0, 0.05) is 13.3 Å². The average molecular weight is 885 g/mol. The lowest BCUT2D eigenvalue weighted by Crippen LogP contribution is -2.65. The summed E-state index contributed by atoms with van der Waals surface area (Å²) in [6, 6.07) is -2.15. The van der Waals surface area contributed by atoms with Crippen molar-refractivity contribution in [2.75, 3.05) is 13.2 Å². The Labute approximate surface area is 380 Å². The van der Waals surface area contributed by atoms with Gasteiger partial charge in [0.2, 0.25) is 11.8 Å². The third kappa shape index (κ3) is 30.7. The van der Waals surface area contributed by atoms with Crippen LogP contribution in [0.4, 0.5) is 0 Å². The second-order valence-corrected chi connectivity index (χ2v) is 19.3. The molecule has 1 fully saturated rings. The summed E-state index contributed by atoms with van der Waals surface area (Å²) < 4.78 is 11.7. The van der Waals surface area contributed by atoms with Crippen LogP contribution in [0, 0.1) is 5.92 Å². The molecule has 0 aliphatic carbocycles. The van der Waals surface area contributed by atoms with Gasteiger partial charge in [-0.05, 0) is 18.8 Å². The van der Waals surface area contributed by atoms with Crippen LogP contribution in [-0.4, -0.2) is 99.5 Å². The van der Waals surface area contributed by atoms with Gasteiger partial charge >= 0.3 is 0 Å². The van der Waals surface area contributed by atoms with Crippen molar-refractivity contribution in [3.05, 3.63) is 0 Å². The zero-order chi connectivity index (χ0) is 45.6. The summed E-state index contributed by atoms with van der Waals surface area (Å²) in [6.07, 6.45) is 32.9. The molecule has 0 unspecified atom stereocenters. The van der Waals surface area contributed by atoms with Gasteiger partial charge in [-0.25, -0.2) is 0 Å². The monoisotopic (exact) mass is 885 g/mol. The van der Waals surface area contributed by atoms with Crippen molar-refractivity contribution >= 4 is 11.8 Å². The Kier molecular flexibility index (Phi) is 37.8. The number of unbranched alkanes of at least 4 members (excludes halogenated alkanes) is 29. The lowest BCUT2D eigenvalue weighted by atomic mass is 9.96. The molecule has 8 atom stereocenters. The molecule has 1 heterocycles. The molecule has 0 radical (unpaired) electrons. The zero-order valence-corrected chi connectivity index (χ0v) is 40.5. The van der Waals surface area contributed by atoms with Gasteiger partial charge in [0.15, 0.2) is 6.29 Å². The Bertz CT molecular complexity index is 1040. The predicted molar refractivity (Wildman–Crippen MR) is 253 cm³/mol. The summed E-state index contributed by atoms with van der Waals surface area (Å²) in [5.41, 5.74) is 0. The van der Waals surface area contributed by atoms with E-state index in [0.29, 0.717) is 12.8 Å². The molecule has 0 aromatic carbocycles. The minimum absolute atomic E-state index is 0.255. The largest absolute Gasteiger partial charge is 0.394 e. The maximum absolute atomic E-state index is 13.2. The number of amides is 2.